The van der Waals surface area contributed by atoms with Crippen LogP contribution in [0.25, 0.3) is 0 Å². The summed E-state index contributed by atoms with van der Waals surface area (Å²) in [6.45, 7) is 4.11. The number of ether oxygens (including phenoxy) is 1. The van der Waals surface area contributed by atoms with Gasteiger partial charge in [0.2, 0.25) is 0 Å². The highest BCUT2D eigenvalue weighted by Gasteiger charge is 2.35. The molecule has 0 bridgehead atoms. The molecule has 1 saturated carbocycles. The molecule has 0 heterocycles. The Hall–Kier alpha value is -0.120. The maximum Gasteiger partial charge on any atom is 0.106 e. The van der Waals surface area contributed by atoms with E-state index >= 15 is 0 Å². The van der Waals surface area contributed by atoms with Gasteiger partial charge in [0.1, 0.15) is 6.10 Å². The Morgan fingerprint density at radius 1 is 1.13 bits per heavy atom. The molecule has 15 heavy (non-hydrogen) atoms. The third-order valence-corrected chi connectivity index (χ3v) is 3.18. The number of aliphatic hydroxyl groups excluding tert-OH is 1. The number of aliphatic hydroxyl groups is 2. The van der Waals surface area contributed by atoms with Crippen molar-refractivity contribution in [3.8, 4) is 0 Å². The maximum absolute atomic E-state index is 10.3. The minimum absolute atomic E-state index is 0.106. The van der Waals surface area contributed by atoms with E-state index in [-0.39, 0.29) is 12.7 Å². The first-order chi connectivity index (χ1) is 7.04. The van der Waals surface area contributed by atoms with Gasteiger partial charge in [-0.2, -0.15) is 0 Å². The van der Waals surface area contributed by atoms with Crippen LogP contribution in [0.1, 0.15) is 52.4 Å². The van der Waals surface area contributed by atoms with Crippen molar-refractivity contribution in [1.82, 2.24) is 0 Å². The van der Waals surface area contributed by atoms with Gasteiger partial charge in [0.15, 0.2) is 0 Å². The number of hydrogen-bond acceptors (Lipinski definition) is 3. The Morgan fingerprint density at radius 2 is 1.67 bits per heavy atom. The quantitative estimate of drug-likeness (QED) is 0.705. The predicted molar refractivity (Wildman–Crippen MR) is 59.7 cm³/mol. The van der Waals surface area contributed by atoms with Crippen molar-refractivity contribution in [2.24, 2.45) is 0 Å². The molecule has 1 rings (SSSR count). The zero-order valence-corrected chi connectivity index (χ0v) is 9.91. The molecule has 0 spiro atoms. The highest BCUT2D eigenvalue weighted by molar-refractivity contribution is 4.88. The van der Waals surface area contributed by atoms with Gasteiger partial charge in [0.25, 0.3) is 0 Å². The smallest absolute Gasteiger partial charge is 0.106 e. The van der Waals surface area contributed by atoms with Crippen molar-refractivity contribution in [2.75, 3.05) is 6.61 Å². The summed E-state index contributed by atoms with van der Waals surface area (Å²) in [5, 5.41) is 20.2. The summed E-state index contributed by atoms with van der Waals surface area (Å²) in [5.74, 6) is 0. The van der Waals surface area contributed by atoms with Gasteiger partial charge in [0, 0.05) is 0 Å². The summed E-state index contributed by atoms with van der Waals surface area (Å²) >= 11 is 0. The SMILES string of the molecule is CC(C)OCC(O)C1(O)CCCCCC1. The van der Waals surface area contributed by atoms with E-state index in [0.717, 1.165) is 12.8 Å². The molecule has 0 aromatic heterocycles. The molecule has 0 radical (unpaired) electrons. The summed E-state index contributed by atoms with van der Waals surface area (Å²) in [6.07, 6.45) is 5.13. The lowest BCUT2D eigenvalue weighted by Gasteiger charge is -2.32. The van der Waals surface area contributed by atoms with Crippen LogP contribution in [0.15, 0.2) is 0 Å². The Balaban J connectivity index is 2.43. The van der Waals surface area contributed by atoms with Crippen LogP contribution in [-0.4, -0.2) is 34.6 Å². The average Bonchev–Trinajstić information content (AvgIpc) is 2.40. The molecule has 1 fully saturated rings. The van der Waals surface area contributed by atoms with Gasteiger partial charge < -0.3 is 14.9 Å². The molecule has 0 amide bonds. The number of hydrogen-bond donors (Lipinski definition) is 2. The normalized spacial score (nSPS) is 23.8. The van der Waals surface area contributed by atoms with Crippen LogP contribution in [-0.2, 0) is 4.74 Å². The summed E-state index contributed by atoms with van der Waals surface area (Å²) < 4.78 is 5.35. The van der Waals surface area contributed by atoms with Gasteiger partial charge in [-0.1, -0.05) is 25.7 Å². The summed E-state index contributed by atoms with van der Waals surface area (Å²) in [5.41, 5.74) is -0.911. The molecule has 0 saturated heterocycles. The monoisotopic (exact) mass is 216 g/mol. The zero-order chi connectivity index (χ0) is 11.3. The first-order valence-corrected chi connectivity index (χ1v) is 6.06. The highest BCUT2D eigenvalue weighted by Crippen LogP contribution is 2.30. The van der Waals surface area contributed by atoms with E-state index in [9.17, 15) is 10.2 Å². The zero-order valence-electron chi connectivity index (χ0n) is 9.91. The van der Waals surface area contributed by atoms with E-state index in [4.69, 9.17) is 4.74 Å². The van der Waals surface area contributed by atoms with Crippen LogP contribution in [0.2, 0.25) is 0 Å². The van der Waals surface area contributed by atoms with Crippen molar-refractivity contribution >= 4 is 0 Å². The van der Waals surface area contributed by atoms with E-state index < -0.39 is 11.7 Å². The summed E-state index contributed by atoms with van der Waals surface area (Å²) in [6, 6.07) is 0. The molecule has 1 aliphatic rings. The van der Waals surface area contributed by atoms with E-state index in [1.165, 1.54) is 12.8 Å². The fraction of sp³-hybridized carbons (Fsp3) is 1.00. The van der Waals surface area contributed by atoms with Crippen LogP contribution >= 0.6 is 0 Å². The average molecular weight is 216 g/mol. The lowest BCUT2D eigenvalue weighted by molar-refractivity contribution is -0.121. The van der Waals surface area contributed by atoms with Gasteiger partial charge in [-0.25, -0.2) is 0 Å². The highest BCUT2D eigenvalue weighted by atomic mass is 16.5. The van der Waals surface area contributed by atoms with Crippen LogP contribution < -0.4 is 0 Å². The molecule has 3 nitrogen and oxygen atoms in total. The third-order valence-electron chi connectivity index (χ3n) is 3.18. The Labute approximate surface area is 92.4 Å². The Bertz CT molecular complexity index is 172. The van der Waals surface area contributed by atoms with Gasteiger partial charge in [-0.3, -0.25) is 0 Å². The topological polar surface area (TPSA) is 49.7 Å². The molecule has 1 unspecified atom stereocenters. The molecule has 0 aromatic rings. The predicted octanol–water partition coefficient (Wildman–Crippen LogP) is 1.86. The van der Waals surface area contributed by atoms with E-state index in [1.807, 2.05) is 13.8 Å². The first-order valence-electron chi connectivity index (χ1n) is 6.06. The van der Waals surface area contributed by atoms with Crippen LogP contribution in [0, 0.1) is 0 Å². The molecular formula is C12H24O3. The molecular weight excluding hydrogens is 192 g/mol. The summed E-state index contributed by atoms with van der Waals surface area (Å²) in [7, 11) is 0. The van der Waals surface area contributed by atoms with Crippen LogP contribution in [0.3, 0.4) is 0 Å². The van der Waals surface area contributed by atoms with Crippen LogP contribution in [0.5, 0.6) is 0 Å². The molecule has 3 heteroatoms. The molecule has 0 aliphatic heterocycles. The maximum atomic E-state index is 10.3. The second kappa shape index (κ2) is 5.83. The molecule has 1 aliphatic carbocycles. The van der Waals surface area contributed by atoms with E-state index in [1.54, 1.807) is 0 Å². The second-order valence-electron chi connectivity index (χ2n) is 4.92. The van der Waals surface area contributed by atoms with Gasteiger partial charge in [0.05, 0.1) is 18.3 Å². The largest absolute Gasteiger partial charge is 0.388 e. The van der Waals surface area contributed by atoms with Crippen molar-refractivity contribution in [3.05, 3.63) is 0 Å². The van der Waals surface area contributed by atoms with Gasteiger partial charge in [-0.05, 0) is 26.7 Å². The second-order valence-corrected chi connectivity index (χ2v) is 4.92. The fourth-order valence-corrected chi connectivity index (χ4v) is 2.11. The van der Waals surface area contributed by atoms with Crippen molar-refractivity contribution in [3.63, 3.8) is 0 Å². The first kappa shape index (κ1) is 12.9. The van der Waals surface area contributed by atoms with Crippen molar-refractivity contribution in [2.45, 2.75) is 70.2 Å². The minimum atomic E-state index is -0.911. The lowest BCUT2D eigenvalue weighted by Crippen LogP contribution is -2.45. The Morgan fingerprint density at radius 3 is 2.13 bits per heavy atom. The minimum Gasteiger partial charge on any atom is -0.388 e. The molecule has 0 aromatic carbocycles. The molecule has 90 valence electrons. The van der Waals surface area contributed by atoms with Gasteiger partial charge in [-0.15, -0.1) is 0 Å². The number of rotatable bonds is 4. The fourth-order valence-electron chi connectivity index (χ4n) is 2.11. The van der Waals surface area contributed by atoms with Gasteiger partial charge >= 0.3 is 0 Å². The standard InChI is InChI=1S/C12H24O3/c1-10(2)15-9-11(13)12(14)7-5-3-4-6-8-12/h10-11,13-14H,3-9H2,1-2H3. The van der Waals surface area contributed by atoms with E-state index in [2.05, 4.69) is 0 Å². The molecule has 2 N–H and O–H groups in total. The van der Waals surface area contributed by atoms with E-state index in [0.29, 0.717) is 12.8 Å². The lowest BCUT2D eigenvalue weighted by atomic mass is 9.89. The van der Waals surface area contributed by atoms with Crippen molar-refractivity contribution < 1.29 is 14.9 Å². The summed E-state index contributed by atoms with van der Waals surface area (Å²) in [4.78, 5) is 0. The Kier molecular flexibility index (Phi) is 5.03. The van der Waals surface area contributed by atoms with Crippen molar-refractivity contribution in [1.29, 1.82) is 0 Å². The molecule has 1 atom stereocenters. The van der Waals surface area contributed by atoms with Crippen LogP contribution in [0.4, 0.5) is 0 Å². The third kappa shape index (κ3) is 4.09.